The number of hydrogen-bond acceptors (Lipinski definition) is 5. The molecule has 0 atom stereocenters. The number of anilines is 1. The average molecular weight is 355 g/mol. The van der Waals surface area contributed by atoms with Gasteiger partial charge in [-0.05, 0) is 37.1 Å². The molecule has 2 aromatic rings. The summed E-state index contributed by atoms with van der Waals surface area (Å²) in [6.45, 7) is 0. The lowest BCUT2D eigenvalue weighted by molar-refractivity contribution is -0.120. The van der Waals surface area contributed by atoms with Gasteiger partial charge in [0, 0.05) is 24.2 Å². The zero-order valence-corrected chi connectivity index (χ0v) is 14.1. The summed E-state index contributed by atoms with van der Waals surface area (Å²) >= 11 is 0. The van der Waals surface area contributed by atoms with Gasteiger partial charge in [0.15, 0.2) is 0 Å². The third kappa shape index (κ3) is 3.85. The second-order valence-electron chi connectivity index (χ2n) is 5.85. The van der Waals surface area contributed by atoms with Crippen LogP contribution in [0, 0.1) is 5.82 Å². The number of carbonyl (C=O) groups excluding carboxylic acids is 1. The predicted octanol–water partition coefficient (Wildman–Crippen LogP) is 2.17. The zero-order valence-electron chi connectivity index (χ0n) is 14.1. The SMILES string of the molecule is COc1cc(N/C=C\C(N)=NC(=O)C2(c3ccc(F)cn3)CC2)ccn1. The molecule has 3 rings (SSSR count). The average Bonchev–Trinajstić information content (AvgIpc) is 3.44. The first-order chi connectivity index (χ1) is 12.5. The molecule has 0 unspecified atom stereocenters. The molecule has 0 aromatic carbocycles. The molecule has 1 fully saturated rings. The van der Waals surface area contributed by atoms with Crippen molar-refractivity contribution in [2.45, 2.75) is 18.3 Å². The maximum absolute atomic E-state index is 13.0. The van der Waals surface area contributed by atoms with Crippen molar-refractivity contribution in [2.75, 3.05) is 12.4 Å². The summed E-state index contributed by atoms with van der Waals surface area (Å²) < 4.78 is 18.0. The van der Waals surface area contributed by atoms with Crippen LogP contribution in [0.5, 0.6) is 5.88 Å². The highest BCUT2D eigenvalue weighted by Crippen LogP contribution is 2.48. The Morgan fingerprint density at radius 3 is 2.85 bits per heavy atom. The van der Waals surface area contributed by atoms with E-state index < -0.39 is 11.2 Å². The Hall–Kier alpha value is -3.29. The van der Waals surface area contributed by atoms with Gasteiger partial charge in [-0.15, -0.1) is 0 Å². The Labute approximate surface area is 149 Å². The number of aromatic nitrogens is 2. The summed E-state index contributed by atoms with van der Waals surface area (Å²) in [6.07, 6.45) is 7.00. The van der Waals surface area contributed by atoms with Crippen LogP contribution >= 0.6 is 0 Å². The molecule has 0 spiro atoms. The van der Waals surface area contributed by atoms with E-state index in [4.69, 9.17) is 10.5 Å². The molecule has 2 aromatic heterocycles. The molecule has 0 aliphatic heterocycles. The van der Waals surface area contributed by atoms with Crippen LogP contribution in [0.1, 0.15) is 18.5 Å². The smallest absolute Gasteiger partial charge is 0.259 e. The minimum absolute atomic E-state index is 0.0666. The van der Waals surface area contributed by atoms with Crippen LogP contribution in [0.2, 0.25) is 0 Å². The van der Waals surface area contributed by atoms with Crippen LogP contribution in [-0.4, -0.2) is 28.8 Å². The van der Waals surface area contributed by atoms with Gasteiger partial charge < -0.3 is 15.8 Å². The predicted molar refractivity (Wildman–Crippen MR) is 95.3 cm³/mol. The molecule has 1 amide bonds. The van der Waals surface area contributed by atoms with Crippen molar-refractivity contribution in [1.29, 1.82) is 0 Å². The van der Waals surface area contributed by atoms with Gasteiger partial charge in [-0.2, -0.15) is 4.99 Å². The second-order valence-corrected chi connectivity index (χ2v) is 5.85. The number of nitrogens with zero attached hydrogens (tertiary/aromatic N) is 3. The number of carbonyl (C=O) groups is 1. The Morgan fingerprint density at radius 2 is 2.19 bits per heavy atom. The number of halogens is 1. The van der Waals surface area contributed by atoms with Gasteiger partial charge in [0.2, 0.25) is 5.88 Å². The van der Waals surface area contributed by atoms with E-state index in [-0.39, 0.29) is 11.7 Å². The molecule has 0 bridgehead atoms. The number of hydrogen-bond donors (Lipinski definition) is 2. The second kappa shape index (κ2) is 7.30. The van der Waals surface area contributed by atoms with Gasteiger partial charge >= 0.3 is 0 Å². The molecule has 7 nitrogen and oxygen atoms in total. The van der Waals surface area contributed by atoms with Gasteiger partial charge in [0.25, 0.3) is 5.91 Å². The molecule has 26 heavy (non-hydrogen) atoms. The van der Waals surface area contributed by atoms with Gasteiger partial charge in [-0.25, -0.2) is 9.37 Å². The van der Waals surface area contributed by atoms with Crippen molar-refractivity contribution < 1.29 is 13.9 Å². The van der Waals surface area contributed by atoms with E-state index in [0.717, 1.165) is 11.9 Å². The van der Waals surface area contributed by atoms with Crippen molar-refractivity contribution in [3.05, 3.63) is 60.4 Å². The van der Waals surface area contributed by atoms with Crippen LogP contribution < -0.4 is 15.8 Å². The lowest BCUT2D eigenvalue weighted by atomic mass is 10.0. The zero-order chi connectivity index (χ0) is 18.6. The largest absolute Gasteiger partial charge is 0.481 e. The number of amides is 1. The first kappa shape index (κ1) is 17.5. The Bertz CT molecular complexity index is 860. The van der Waals surface area contributed by atoms with Crippen molar-refractivity contribution in [3.8, 4) is 5.88 Å². The monoisotopic (exact) mass is 355 g/mol. The lowest BCUT2D eigenvalue weighted by Crippen LogP contribution is -2.23. The van der Waals surface area contributed by atoms with Crippen LogP contribution in [-0.2, 0) is 10.2 Å². The number of nitrogens with two attached hydrogens (primary N) is 1. The van der Waals surface area contributed by atoms with Gasteiger partial charge in [-0.1, -0.05) is 0 Å². The van der Waals surface area contributed by atoms with Crippen LogP contribution in [0.25, 0.3) is 0 Å². The van der Waals surface area contributed by atoms with E-state index in [1.807, 2.05) is 0 Å². The first-order valence-corrected chi connectivity index (χ1v) is 7.97. The van der Waals surface area contributed by atoms with Gasteiger partial charge in [0.1, 0.15) is 11.7 Å². The molecule has 1 aliphatic rings. The van der Waals surface area contributed by atoms with E-state index in [0.29, 0.717) is 24.4 Å². The molecule has 2 heterocycles. The van der Waals surface area contributed by atoms with Crippen molar-refractivity contribution in [3.63, 3.8) is 0 Å². The number of nitrogens with one attached hydrogen (secondary N) is 1. The fourth-order valence-corrected chi connectivity index (χ4v) is 2.46. The third-order valence-corrected chi connectivity index (χ3v) is 4.06. The minimum Gasteiger partial charge on any atom is -0.481 e. The number of aliphatic imine (C=N–C) groups is 1. The van der Waals surface area contributed by atoms with Crippen molar-refractivity contribution in [2.24, 2.45) is 10.7 Å². The van der Waals surface area contributed by atoms with Crippen LogP contribution in [0.4, 0.5) is 10.1 Å². The summed E-state index contributed by atoms with van der Waals surface area (Å²) in [5.41, 5.74) is 6.30. The summed E-state index contributed by atoms with van der Waals surface area (Å²) in [6, 6.07) is 6.27. The summed E-state index contributed by atoms with van der Waals surface area (Å²) in [4.78, 5) is 24.4. The number of amidine groups is 1. The molecule has 8 heteroatoms. The Balaban J connectivity index is 1.65. The number of rotatable bonds is 6. The Kier molecular flexibility index (Phi) is 4.92. The van der Waals surface area contributed by atoms with E-state index in [1.165, 1.54) is 25.3 Å². The van der Waals surface area contributed by atoms with E-state index in [1.54, 1.807) is 24.5 Å². The molecule has 0 saturated heterocycles. The van der Waals surface area contributed by atoms with Crippen LogP contribution in [0.15, 0.2) is 53.9 Å². The fourth-order valence-electron chi connectivity index (χ4n) is 2.46. The normalized spacial score (nSPS) is 15.7. The van der Waals surface area contributed by atoms with Gasteiger partial charge in [-0.3, -0.25) is 9.78 Å². The van der Waals surface area contributed by atoms with E-state index >= 15 is 0 Å². The van der Waals surface area contributed by atoms with E-state index in [2.05, 4.69) is 20.3 Å². The molecular weight excluding hydrogens is 337 g/mol. The number of pyridine rings is 2. The highest BCUT2D eigenvalue weighted by molar-refractivity contribution is 6.04. The van der Waals surface area contributed by atoms with Gasteiger partial charge in [0.05, 0.1) is 24.4 Å². The highest BCUT2D eigenvalue weighted by Gasteiger charge is 2.52. The molecule has 3 N–H and O–H groups in total. The van der Waals surface area contributed by atoms with Crippen molar-refractivity contribution >= 4 is 17.4 Å². The summed E-state index contributed by atoms with van der Waals surface area (Å²) in [7, 11) is 1.53. The highest BCUT2D eigenvalue weighted by atomic mass is 19.1. The number of ether oxygens (including phenoxy) is 1. The quantitative estimate of drug-likeness (QED) is 0.608. The van der Waals surface area contributed by atoms with E-state index in [9.17, 15) is 9.18 Å². The molecule has 1 saturated carbocycles. The number of methoxy groups -OCH3 is 1. The summed E-state index contributed by atoms with van der Waals surface area (Å²) in [5, 5.41) is 2.99. The fraction of sp³-hybridized carbons (Fsp3) is 0.222. The standard InChI is InChI=1S/C18H18FN5O2/c1-26-16-10-13(4-8-22-16)21-9-5-15(20)24-17(25)18(6-7-18)14-3-2-12(19)11-23-14/h2-5,8-11H,6-7H2,1H3,(H,21,22)(H2,20,24,25)/b9-5-. The minimum atomic E-state index is -0.780. The molecule has 1 aliphatic carbocycles. The third-order valence-electron chi connectivity index (χ3n) is 4.06. The Morgan fingerprint density at radius 1 is 1.38 bits per heavy atom. The summed E-state index contributed by atoms with van der Waals surface area (Å²) in [5.74, 6) is -0.272. The van der Waals surface area contributed by atoms with Crippen molar-refractivity contribution in [1.82, 2.24) is 9.97 Å². The lowest BCUT2D eigenvalue weighted by Gasteiger charge is -2.10. The topological polar surface area (TPSA) is 102 Å². The molecule has 0 radical (unpaired) electrons. The van der Waals surface area contributed by atoms with Crippen LogP contribution in [0.3, 0.4) is 0 Å². The molecular formula is C18H18FN5O2. The first-order valence-electron chi connectivity index (χ1n) is 7.97. The maximum Gasteiger partial charge on any atom is 0.259 e. The maximum atomic E-state index is 13.0. The molecule has 134 valence electrons.